The topological polar surface area (TPSA) is 149 Å². The summed E-state index contributed by atoms with van der Waals surface area (Å²) < 4.78 is 0. The Balaban J connectivity index is 2.62. The van der Waals surface area contributed by atoms with Gasteiger partial charge >= 0.3 is 23.9 Å². The Morgan fingerprint density at radius 1 is 0.833 bits per heavy atom. The number of carbonyl (C=O) groups is 4. The first kappa shape index (κ1) is 18.2. The van der Waals surface area contributed by atoms with Gasteiger partial charge in [0.2, 0.25) is 0 Å². The normalized spacial score (nSPS) is 39.2. The van der Waals surface area contributed by atoms with Gasteiger partial charge in [-0.25, -0.2) is 0 Å². The van der Waals surface area contributed by atoms with E-state index in [0.717, 1.165) is 0 Å². The van der Waals surface area contributed by atoms with E-state index < -0.39 is 59.4 Å². The van der Waals surface area contributed by atoms with Gasteiger partial charge in [0.25, 0.3) is 0 Å². The molecule has 0 aliphatic heterocycles. The highest BCUT2D eigenvalue weighted by Gasteiger charge is 2.66. The molecule has 0 saturated heterocycles. The van der Waals surface area contributed by atoms with E-state index in [-0.39, 0.29) is 18.3 Å². The van der Waals surface area contributed by atoms with Crippen LogP contribution in [0.2, 0.25) is 0 Å². The number of rotatable bonds is 6. The molecule has 0 radical (unpaired) electrons. The molecule has 0 spiro atoms. The first-order chi connectivity index (χ1) is 11.1. The average Bonchev–Trinajstić information content (AvgIpc) is 2.51. The van der Waals surface area contributed by atoms with Gasteiger partial charge in [0, 0.05) is 0 Å². The smallest absolute Gasteiger partial charge is 0.307 e. The molecule has 4 N–H and O–H groups in total. The van der Waals surface area contributed by atoms with Gasteiger partial charge in [-0.2, -0.15) is 0 Å². The molecule has 3 rings (SSSR count). The fourth-order valence-corrected chi connectivity index (χ4v) is 4.98. The largest absolute Gasteiger partial charge is 0.481 e. The molecule has 6 unspecified atom stereocenters. The van der Waals surface area contributed by atoms with Gasteiger partial charge in [0.05, 0.1) is 23.7 Å². The van der Waals surface area contributed by atoms with E-state index in [4.69, 9.17) is 0 Å². The second-order valence-corrected chi connectivity index (χ2v) is 6.98. The summed E-state index contributed by atoms with van der Waals surface area (Å²) in [5.74, 6) is -13.3. The lowest BCUT2D eigenvalue weighted by atomic mass is 9.45. The molecular weight excluding hydrogens is 320 g/mol. The first-order valence-corrected chi connectivity index (χ1v) is 8.04. The van der Waals surface area contributed by atoms with Gasteiger partial charge in [-0.3, -0.25) is 19.2 Å². The van der Waals surface area contributed by atoms with Crippen LogP contribution in [0.3, 0.4) is 0 Å². The van der Waals surface area contributed by atoms with Crippen LogP contribution in [0, 0.1) is 47.3 Å². The molecule has 2 bridgehead atoms. The van der Waals surface area contributed by atoms with Crippen molar-refractivity contribution in [3.63, 3.8) is 0 Å². The van der Waals surface area contributed by atoms with E-state index >= 15 is 0 Å². The maximum atomic E-state index is 11.8. The number of hydrogen-bond acceptors (Lipinski definition) is 4. The van der Waals surface area contributed by atoms with Crippen LogP contribution in [0.25, 0.3) is 0 Å². The highest BCUT2D eigenvalue weighted by Crippen LogP contribution is 2.59. The molecule has 3 aliphatic rings. The van der Waals surface area contributed by atoms with E-state index in [0.29, 0.717) is 6.42 Å². The van der Waals surface area contributed by atoms with Crippen LogP contribution in [0.5, 0.6) is 0 Å². The Labute approximate surface area is 138 Å². The zero-order valence-electron chi connectivity index (χ0n) is 13.5. The summed E-state index contributed by atoms with van der Waals surface area (Å²) in [6.45, 7) is 3.76. The summed E-state index contributed by atoms with van der Waals surface area (Å²) in [7, 11) is 0. The van der Waals surface area contributed by atoms with Crippen LogP contribution in [0.15, 0.2) is 0 Å². The van der Waals surface area contributed by atoms with Crippen molar-refractivity contribution in [1.29, 1.82) is 0 Å². The minimum atomic E-state index is -1.38. The molecule has 0 aromatic carbocycles. The Morgan fingerprint density at radius 3 is 1.50 bits per heavy atom. The van der Waals surface area contributed by atoms with E-state index in [1.165, 1.54) is 0 Å². The number of carboxylic acid groups (broad SMARTS) is 4. The standard InChI is InChI=1S/C16H22O8/c1-3-5(2)6-4-7-9(13(17)18)11(15(21)22)8(6)12(16(23)24)10(7)14(19)20/h5-12H,3-4H2,1-2H3,(H,17,18)(H,19,20)(H,21,22)(H,23,24). The molecule has 6 atom stereocenters. The predicted molar refractivity (Wildman–Crippen MR) is 79.0 cm³/mol. The van der Waals surface area contributed by atoms with Crippen molar-refractivity contribution in [2.45, 2.75) is 26.7 Å². The van der Waals surface area contributed by atoms with Crippen LogP contribution in [-0.4, -0.2) is 44.3 Å². The SMILES string of the molecule is CCC(C)C1CC2C(C(=O)O)C(C(=O)O)C1C(C(=O)O)C2C(=O)O. The van der Waals surface area contributed by atoms with Crippen LogP contribution in [0.4, 0.5) is 0 Å². The molecule has 8 heteroatoms. The average molecular weight is 342 g/mol. The van der Waals surface area contributed by atoms with Crippen molar-refractivity contribution < 1.29 is 39.6 Å². The van der Waals surface area contributed by atoms with Crippen molar-refractivity contribution in [2.75, 3.05) is 0 Å². The molecule has 8 nitrogen and oxygen atoms in total. The molecule has 134 valence electrons. The fourth-order valence-electron chi connectivity index (χ4n) is 4.98. The summed E-state index contributed by atoms with van der Waals surface area (Å²) in [6, 6.07) is 0. The molecule has 3 saturated carbocycles. The number of hydrogen-bond donors (Lipinski definition) is 4. The summed E-state index contributed by atoms with van der Waals surface area (Å²) in [4.78, 5) is 46.8. The Hall–Kier alpha value is -2.12. The summed E-state index contributed by atoms with van der Waals surface area (Å²) >= 11 is 0. The Kier molecular flexibility index (Phi) is 4.87. The van der Waals surface area contributed by atoms with Crippen LogP contribution in [0.1, 0.15) is 26.7 Å². The number of aliphatic carboxylic acids is 4. The molecule has 0 aromatic heterocycles. The zero-order valence-corrected chi connectivity index (χ0v) is 13.5. The van der Waals surface area contributed by atoms with Crippen molar-refractivity contribution in [3.05, 3.63) is 0 Å². The van der Waals surface area contributed by atoms with Crippen LogP contribution < -0.4 is 0 Å². The van der Waals surface area contributed by atoms with Gasteiger partial charge < -0.3 is 20.4 Å². The fraction of sp³-hybridized carbons (Fsp3) is 0.750. The monoisotopic (exact) mass is 342 g/mol. The highest BCUT2D eigenvalue weighted by molar-refractivity contribution is 5.87. The third kappa shape index (κ3) is 2.63. The van der Waals surface area contributed by atoms with Crippen molar-refractivity contribution in [3.8, 4) is 0 Å². The summed E-state index contributed by atoms with van der Waals surface area (Å²) in [5.41, 5.74) is 0. The number of carboxylic acids is 4. The third-order valence-corrected chi connectivity index (χ3v) is 6.08. The maximum Gasteiger partial charge on any atom is 0.307 e. The summed E-state index contributed by atoms with van der Waals surface area (Å²) in [6.07, 6.45) is 0.920. The molecule has 0 aromatic rings. The molecule has 0 amide bonds. The van der Waals surface area contributed by atoms with Gasteiger partial charge in [0.15, 0.2) is 0 Å². The van der Waals surface area contributed by atoms with Crippen LogP contribution >= 0.6 is 0 Å². The van der Waals surface area contributed by atoms with E-state index in [1.807, 2.05) is 13.8 Å². The van der Waals surface area contributed by atoms with Gasteiger partial charge in [0.1, 0.15) is 0 Å². The van der Waals surface area contributed by atoms with E-state index in [1.54, 1.807) is 0 Å². The van der Waals surface area contributed by atoms with Gasteiger partial charge in [-0.05, 0) is 30.1 Å². The summed E-state index contributed by atoms with van der Waals surface area (Å²) in [5, 5.41) is 38.1. The first-order valence-electron chi connectivity index (χ1n) is 8.04. The molecular formula is C16H22O8. The lowest BCUT2D eigenvalue weighted by molar-refractivity contribution is -0.199. The Morgan fingerprint density at radius 2 is 1.21 bits per heavy atom. The van der Waals surface area contributed by atoms with Crippen molar-refractivity contribution >= 4 is 23.9 Å². The second-order valence-electron chi connectivity index (χ2n) is 6.98. The minimum absolute atomic E-state index is 0.00862. The molecule has 0 heterocycles. The van der Waals surface area contributed by atoms with Gasteiger partial charge in [-0.15, -0.1) is 0 Å². The lowest BCUT2D eigenvalue weighted by Crippen LogP contribution is -2.63. The highest BCUT2D eigenvalue weighted by atomic mass is 16.4. The minimum Gasteiger partial charge on any atom is -0.481 e. The van der Waals surface area contributed by atoms with Crippen molar-refractivity contribution in [2.24, 2.45) is 47.3 Å². The number of fused-ring (bicyclic) bond motifs is 3. The zero-order chi connectivity index (χ0) is 18.3. The quantitative estimate of drug-likeness (QED) is 0.560. The lowest BCUT2D eigenvalue weighted by Gasteiger charge is -2.56. The van der Waals surface area contributed by atoms with E-state index in [9.17, 15) is 39.6 Å². The second kappa shape index (κ2) is 6.41. The Bertz CT molecular complexity index is 530. The molecule has 3 fully saturated rings. The molecule has 3 aliphatic carbocycles. The van der Waals surface area contributed by atoms with Crippen molar-refractivity contribution in [1.82, 2.24) is 0 Å². The predicted octanol–water partition coefficient (Wildman–Crippen LogP) is 1.10. The van der Waals surface area contributed by atoms with E-state index in [2.05, 4.69) is 0 Å². The van der Waals surface area contributed by atoms with Gasteiger partial charge in [-0.1, -0.05) is 20.3 Å². The molecule has 24 heavy (non-hydrogen) atoms. The third-order valence-electron chi connectivity index (χ3n) is 6.08. The maximum absolute atomic E-state index is 11.8. The van der Waals surface area contributed by atoms with Crippen LogP contribution in [-0.2, 0) is 19.2 Å².